The maximum absolute atomic E-state index is 5.34. The number of methoxy groups -OCH3 is 2. The summed E-state index contributed by atoms with van der Waals surface area (Å²) in [6, 6.07) is 3.73. The molecule has 3 rings (SSSR count). The van der Waals surface area contributed by atoms with E-state index in [1.54, 1.807) is 20.5 Å². The van der Waals surface area contributed by atoms with Gasteiger partial charge in [0.05, 0.1) is 19.7 Å². The standard InChI is InChI=1S/C14H16N4O2/c1-8(2)13-16-17-14-9-5-11(19-3)12(20-4)6-10(9)15-7-18(13)14/h5-8H,1-4H3. The lowest BCUT2D eigenvalue weighted by molar-refractivity contribution is 0.356. The van der Waals surface area contributed by atoms with E-state index < -0.39 is 0 Å². The molecule has 0 spiro atoms. The van der Waals surface area contributed by atoms with E-state index in [9.17, 15) is 0 Å². The zero-order chi connectivity index (χ0) is 14.3. The van der Waals surface area contributed by atoms with Crippen LogP contribution in [0, 0.1) is 0 Å². The minimum atomic E-state index is 0.282. The van der Waals surface area contributed by atoms with Crippen LogP contribution in [0.1, 0.15) is 25.6 Å². The molecule has 0 N–H and O–H groups in total. The van der Waals surface area contributed by atoms with Crippen molar-refractivity contribution >= 4 is 16.6 Å². The average molecular weight is 272 g/mol. The monoisotopic (exact) mass is 272 g/mol. The van der Waals surface area contributed by atoms with E-state index in [2.05, 4.69) is 29.0 Å². The summed E-state index contributed by atoms with van der Waals surface area (Å²) < 4.78 is 12.5. The van der Waals surface area contributed by atoms with Gasteiger partial charge in [0.15, 0.2) is 17.1 Å². The Balaban J connectivity index is 2.36. The molecule has 0 unspecified atom stereocenters. The predicted molar refractivity (Wildman–Crippen MR) is 75.5 cm³/mol. The largest absolute Gasteiger partial charge is 0.493 e. The van der Waals surface area contributed by atoms with Crippen LogP contribution in [0.25, 0.3) is 16.6 Å². The molecule has 6 nitrogen and oxygen atoms in total. The van der Waals surface area contributed by atoms with Crippen LogP contribution >= 0.6 is 0 Å². The molecule has 2 aromatic heterocycles. The number of benzene rings is 1. The minimum Gasteiger partial charge on any atom is -0.493 e. The van der Waals surface area contributed by atoms with Gasteiger partial charge in [-0.05, 0) is 6.07 Å². The molecule has 1 aromatic carbocycles. The molecule has 0 radical (unpaired) electrons. The zero-order valence-corrected chi connectivity index (χ0v) is 11.9. The highest BCUT2D eigenvalue weighted by atomic mass is 16.5. The van der Waals surface area contributed by atoms with E-state index in [0.717, 1.165) is 22.4 Å². The van der Waals surface area contributed by atoms with Crippen molar-refractivity contribution in [2.45, 2.75) is 19.8 Å². The fourth-order valence-corrected chi connectivity index (χ4v) is 2.27. The highest BCUT2D eigenvalue weighted by Crippen LogP contribution is 2.32. The third-order valence-corrected chi connectivity index (χ3v) is 3.29. The zero-order valence-electron chi connectivity index (χ0n) is 11.9. The lowest BCUT2D eigenvalue weighted by Crippen LogP contribution is -1.99. The van der Waals surface area contributed by atoms with E-state index in [0.29, 0.717) is 11.5 Å². The van der Waals surface area contributed by atoms with Gasteiger partial charge in [0.2, 0.25) is 0 Å². The van der Waals surface area contributed by atoms with E-state index in [1.807, 2.05) is 16.5 Å². The topological polar surface area (TPSA) is 61.5 Å². The first kappa shape index (κ1) is 12.7. The molecule has 0 saturated carbocycles. The molecular weight excluding hydrogens is 256 g/mol. The van der Waals surface area contributed by atoms with Gasteiger partial charge < -0.3 is 9.47 Å². The molecule has 0 fully saturated rings. The molecule has 0 amide bonds. The fourth-order valence-electron chi connectivity index (χ4n) is 2.27. The Labute approximate surface area is 116 Å². The Bertz CT molecular complexity index is 780. The molecular formula is C14H16N4O2. The van der Waals surface area contributed by atoms with Crippen LogP contribution in [0.5, 0.6) is 11.5 Å². The van der Waals surface area contributed by atoms with Crippen molar-refractivity contribution in [2.24, 2.45) is 0 Å². The summed E-state index contributed by atoms with van der Waals surface area (Å²) in [5.74, 6) is 2.48. The summed E-state index contributed by atoms with van der Waals surface area (Å²) in [5, 5.41) is 9.41. The number of nitrogens with zero attached hydrogens (tertiary/aromatic N) is 4. The lowest BCUT2D eigenvalue weighted by Gasteiger charge is -2.09. The predicted octanol–water partition coefficient (Wildman–Crippen LogP) is 2.42. The van der Waals surface area contributed by atoms with E-state index in [4.69, 9.17) is 9.47 Å². The molecule has 2 heterocycles. The van der Waals surface area contributed by atoms with E-state index in [1.165, 1.54) is 0 Å². The third-order valence-electron chi connectivity index (χ3n) is 3.29. The van der Waals surface area contributed by atoms with Crippen LogP contribution < -0.4 is 9.47 Å². The first-order valence-corrected chi connectivity index (χ1v) is 6.41. The van der Waals surface area contributed by atoms with Crippen LogP contribution in [0.2, 0.25) is 0 Å². The van der Waals surface area contributed by atoms with Gasteiger partial charge in [0.1, 0.15) is 12.2 Å². The van der Waals surface area contributed by atoms with Gasteiger partial charge in [0, 0.05) is 17.4 Å². The molecule has 0 aliphatic carbocycles. The fraction of sp³-hybridized carbons (Fsp3) is 0.357. The number of rotatable bonds is 3. The van der Waals surface area contributed by atoms with Crippen LogP contribution in [-0.2, 0) is 0 Å². The van der Waals surface area contributed by atoms with Gasteiger partial charge in [-0.25, -0.2) is 4.98 Å². The number of ether oxygens (including phenoxy) is 2. The van der Waals surface area contributed by atoms with Crippen molar-refractivity contribution < 1.29 is 9.47 Å². The molecule has 0 aliphatic rings. The first-order valence-electron chi connectivity index (χ1n) is 6.41. The second-order valence-electron chi connectivity index (χ2n) is 4.88. The van der Waals surface area contributed by atoms with E-state index >= 15 is 0 Å². The Hall–Kier alpha value is -2.37. The van der Waals surface area contributed by atoms with Crippen molar-refractivity contribution in [2.75, 3.05) is 14.2 Å². The highest BCUT2D eigenvalue weighted by molar-refractivity contribution is 5.93. The lowest BCUT2D eigenvalue weighted by atomic mass is 10.2. The average Bonchev–Trinajstić information content (AvgIpc) is 2.90. The van der Waals surface area contributed by atoms with Crippen molar-refractivity contribution in [1.29, 1.82) is 0 Å². The summed E-state index contributed by atoms with van der Waals surface area (Å²) in [7, 11) is 3.22. The summed E-state index contributed by atoms with van der Waals surface area (Å²) in [5.41, 5.74) is 1.58. The second-order valence-corrected chi connectivity index (χ2v) is 4.88. The SMILES string of the molecule is COc1cc2ncn3c(C(C)C)nnc3c2cc1OC. The number of fused-ring (bicyclic) bond motifs is 3. The Morgan fingerprint density at radius 2 is 1.75 bits per heavy atom. The van der Waals surface area contributed by atoms with Crippen LogP contribution in [0.4, 0.5) is 0 Å². The van der Waals surface area contributed by atoms with E-state index in [-0.39, 0.29) is 5.92 Å². The molecule has 0 atom stereocenters. The first-order chi connectivity index (χ1) is 9.65. The van der Waals surface area contributed by atoms with Gasteiger partial charge in [-0.2, -0.15) is 0 Å². The molecule has 0 saturated heterocycles. The summed E-state index contributed by atoms with van der Waals surface area (Å²) >= 11 is 0. The highest BCUT2D eigenvalue weighted by Gasteiger charge is 2.14. The summed E-state index contributed by atoms with van der Waals surface area (Å²) in [6.07, 6.45) is 1.75. The van der Waals surface area contributed by atoms with Crippen molar-refractivity contribution in [3.05, 3.63) is 24.3 Å². The van der Waals surface area contributed by atoms with Gasteiger partial charge >= 0.3 is 0 Å². The Morgan fingerprint density at radius 3 is 2.40 bits per heavy atom. The molecule has 104 valence electrons. The second kappa shape index (κ2) is 4.63. The maximum atomic E-state index is 5.34. The van der Waals surface area contributed by atoms with Crippen LogP contribution in [-0.4, -0.2) is 33.8 Å². The van der Waals surface area contributed by atoms with Gasteiger partial charge in [0.25, 0.3) is 0 Å². The number of aromatic nitrogens is 4. The van der Waals surface area contributed by atoms with Gasteiger partial charge in [-0.3, -0.25) is 4.40 Å². The van der Waals surface area contributed by atoms with Crippen molar-refractivity contribution in [3.8, 4) is 11.5 Å². The minimum absolute atomic E-state index is 0.282. The molecule has 3 aromatic rings. The molecule has 0 aliphatic heterocycles. The smallest absolute Gasteiger partial charge is 0.171 e. The van der Waals surface area contributed by atoms with Gasteiger partial charge in [-0.15, -0.1) is 10.2 Å². The van der Waals surface area contributed by atoms with Crippen molar-refractivity contribution in [3.63, 3.8) is 0 Å². The number of hydrogen-bond donors (Lipinski definition) is 0. The normalized spacial score (nSPS) is 11.4. The Morgan fingerprint density at radius 1 is 1.05 bits per heavy atom. The molecule has 0 bridgehead atoms. The van der Waals surface area contributed by atoms with Crippen molar-refractivity contribution in [1.82, 2.24) is 19.6 Å². The molecule has 20 heavy (non-hydrogen) atoms. The van der Waals surface area contributed by atoms with Gasteiger partial charge in [-0.1, -0.05) is 13.8 Å². The number of hydrogen-bond acceptors (Lipinski definition) is 5. The summed E-state index contributed by atoms with van der Waals surface area (Å²) in [4.78, 5) is 4.46. The maximum Gasteiger partial charge on any atom is 0.171 e. The van der Waals surface area contributed by atoms with Crippen LogP contribution in [0.15, 0.2) is 18.5 Å². The van der Waals surface area contributed by atoms with Crippen LogP contribution in [0.3, 0.4) is 0 Å². The summed E-state index contributed by atoms with van der Waals surface area (Å²) in [6.45, 7) is 4.16. The Kier molecular flexibility index (Phi) is 2.93. The third kappa shape index (κ3) is 1.76. The molecule has 6 heteroatoms. The quantitative estimate of drug-likeness (QED) is 0.732.